The van der Waals surface area contributed by atoms with E-state index in [1.165, 1.54) is 0 Å². The SMILES string of the molecule is Cc1cc(-c2nc(=S)[nH][nH]2)c2cc(Cl)cc(C)c2n1. The largest absolute Gasteiger partial charge is 0.282 e. The maximum absolute atomic E-state index is 6.14. The summed E-state index contributed by atoms with van der Waals surface area (Å²) in [6.45, 7) is 3.95. The number of rotatable bonds is 1. The van der Waals surface area contributed by atoms with E-state index in [9.17, 15) is 0 Å². The van der Waals surface area contributed by atoms with Crippen molar-refractivity contribution < 1.29 is 0 Å². The van der Waals surface area contributed by atoms with Crippen LogP contribution in [0.3, 0.4) is 0 Å². The average molecular weight is 291 g/mol. The summed E-state index contributed by atoms with van der Waals surface area (Å²) >= 11 is 11.1. The Hall–Kier alpha value is -1.72. The molecule has 0 amide bonds. The number of aromatic amines is 2. The minimum absolute atomic E-state index is 0.427. The second-order valence-electron chi connectivity index (χ2n) is 4.45. The summed E-state index contributed by atoms with van der Waals surface area (Å²) in [6, 6.07) is 5.78. The zero-order valence-corrected chi connectivity index (χ0v) is 12.0. The number of fused-ring (bicyclic) bond motifs is 1. The lowest BCUT2D eigenvalue weighted by atomic mass is 10.0. The van der Waals surface area contributed by atoms with Crippen LogP contribution in [0.1, 0.15) is 11.3 Å². The van der Waals surface area contributed by atoms with E-state index >= 15 is 0 Å². The van der Waals surface area contributed by atoms with Crippen molar-refractivity contribution in [3.05, 3.63) is 39.3 Å². The number of nitrogens with zero attached hydrogens (tertiary/aromatic N) is 2. The molecule has 3 rings (SSSR count). The second-order valence-corrected chi connectivity index (χ2v) is 5.27. The molecule has 0 saturated carbocycles. The number of halogens is 1. The van der Waals surface area contributed by atoms with Crippen LogP contribution >= 0.6 is 23.8 Å². The Morgan fingerprint density at radius 1 is 1.11 bits per heavy atom. The number of hydrogen-bond acceptors (Lipinski definition) is 3. The Morgan fingerprint density at radius 3 is 2.58 bits per heavy atom. The third kappa shape index (κ3) is 2.15. The van der Waals surface area contributed by atoms with E-state index in [0.717, 1.165) is 27.7 Å². The van der Waals surface area contributed by atoms with Gasteiger partial charge in [0.1, 0.15) is 0 Å². The number of aromatic nitrogens is 4. The van der Waals surface area contributed by atoms with Gasteiger partial charge in [0.25, 0.3) is 0 Å². The molecule has 0 atom stereocenters. The highest BCUT2D eigenvalue weighted by atomic mass is 35.5. The Morgan fingerprint density at radius 2 is 1.89 bits per heavy atom. The molecule has 1 aromatic carbocycles. The van der Waals surface area contributed by atoms with Crippen molar-refractivity contribution in [2.75, 3.05) is 0 Å². The summed E-state index contributed by atoms with van der Waals surface area (Å²) in [4.78, 5) is 8.84. The fourth-order valence-corrected chi connectivity index (χ4v) is 2.59. The number of hydrogen-bond donors (Lipinski definition) is 2. The standard InChI is InChI=1S/C13H11ClN4S/c1-6-3-8(14)5-9-10(4-7(2)15-11(6)9)12-16-13(19)18-17-12/h3-5H,1-2H3,(H2,16,17,18,19). The Bertz CT molecular complexity index is 834. The molecular weight excluding hydrogens is 280 g/mol. The van der Waals surface area contributed by atoms with Gasteiger partial charge in [-0.1, -0.05) is 11.6 Å². The summed E-state index contributed by atoms with van der Waals surface area (Å²) in [7, 11) is 0. The van der Waals surface area contributed by atoms with E-state index in [4.69, 9.17) is 23.8 Å². The zero-order chi connectivity index (χ0) is 13.6. The van der Waals surface area contributed by atoms with Crippen LogP contribution in [0.5, 0.6) is 0 Å². The Labute approximate surface area is 119 Å². The molecule has 0 fully saturated rings. The molecule has 96 valence electrons. The number of benzene rings is 1. The van der Waals surface area contributed by atoms with Gasteiger partial charge in [-0.3, -0.25) is 15.2 Å². The molecule has 0 spiro atoms. The van der Waals surface area contributed by atoms with E-state index in [-0.39, 0.29) is 0 Å². The van der Waals surface area contributed by atoms with E-state index in [1.54, 1.807) is 0 Å². The van der Waals surface area contributed by atoms with Gasteiger partial charge in [-0.2, -0.15) is 4.98 Å². The summed E-state index contributed by atoms with van der Waals surface area (Å²) in [5, 5.41) is 7.43. The first-order valence-corrected chi connectivity index (χ1v) is 6.56. The first-order chi connectivity index (χ1) is 9.04. The van der Waals surface area contributed by atoms with Gasteiger partial charge in [-0.25, -0.2) is 0 Å². The molecule has 0 aliphatic carbocycles. The molecule has 0 aliphatic heterocycles. The highest BCUT2D eigenvalue weighted by Gasteiger charge is 2.11. The number of pyridine rings is 1. The Balaban J connectivity index is 2.44. The molecular formula is C13H11ClN4S. The van der Waals surface area contributed by atoms with Crippen LogP contribution in [0.2, 0.25) is 5.02 Å². The molecule has 2 heterocycles. The van der Waals surface area contributed by atoms with Gasteiger partial charge in [0, 0.05) is 21.7 Å². The molecule has 4 nitrogen and oxygen atoms in total. The van der Waals surface area contributed by atoms with Gasteiger partial charge < -0.3 is 0 Å². The third-order valence-electron chi connectivity index (χ3n) is 2.95. The highest BCUT2D eigenvalue weighted by Crippen LogP contribution is 2.30. The van der Waals surface area contributed by atoms with Crippen LogP contribution in [0, 0.1) is 18.6 Å². The van der Waals surface area contributed by atoms with Crippen LogP contribution in [-0.4, -0.2) is 20.2 Å². The van der Waals surface area contributed by atoms with Crippen LogP contribution in [-0.2, 0) is 0 Å². The molecule has 19 heavy (non-hydrogen) atoms. The minimum Gasteiger partial charge on any atom is -0.282 e. The molecule has 0 aliphatic rings. The molecule has 0 radical (unpaired) electrons. The maximum atomic E-state index is 6.14. The molecule has 6 heteroatoms. The zero-order valence-electron chi connectivity index (χ0n) is 10.4. The van der Waals surface area contributed by atoms with Crippen LogP contribution in [0.25, 0.3) is 22.3 Å². The fraction of sp³-hybridized carbons (Fsp3) is 0.154. The molecule has 0 bridgehead atoms. The van der Waals surface area contributed by atoms with Crippen molar-refractivity contribution in [3.63, 3.8) is 0 Å². The van der Waals surface area contributed by atoms with Gasteiger partial charge in [-0.15, -0.1) is 0 Å². The summed E-state index contributed by atoms with van der Waals surface area (Å²) in [6.07, 6.45) is 0. The highest BCUT2D eigenvalue weighted by molar-refractivity contribution is 7.71. The van der Waals surface area contributed by atoms with Crippen molar-refractivity contribution in [1.82, 2.24) is 20.2 Å². The molecule has 2 aromatic heterocycles. The molecule has 0 unspecified atom stereocenters. The lowest BCUT2D eigenvalue weighted by Crippen LogP contribution is -1.92. The average Bonchev–Trinajstić information content (AvgIpc) is 2.76. The molecule has 3 aromatic rings. The van der Waals surface area contributed by atoms with Crippen molar-refractivity contribution >= 4 is 34.7 Å². The monoisotopic (exact) mass is 290 g/mol. The summed E-state index contributed by atoms with van der Waals surface area (Å²) < 4.78 is 0.427. The van der Waals surface area contributed by atoms with Crippen LogP contribution < -0.4 is 0 Å². The number of aryl methyl sites for hydroxylation is 2. The van der Waals surface area contributed by atoms with Crippen LogP contribution in [0.4, 0.5) is 0 Å². The van der Waals surface area contributed by atoms with Crippen molar-refractivity contribution in [2.45, 2.75) is 13.8 Å². The number of nitrogens with one attached hydrogen (secondary N) is 2. The van der Waals surface area contributed by atoms with Crippen molar-refractivity contribution in [1.29, 1.82) is 0 Å². The predicted octanol–water partition coefficient (Wildman–Crippen LogP) is 3.95. The lowest BCUT2D eigenvalue weighted by Gasteiger charge is -2.08. The van der Waals surface area contributed by atoms with Gasteiger partial charge in [-0.05, 0) is 49.8 Å². The van der Waals surface area contributed by atoms with E-state index < -0.39 is 0 Å². The normalized spacial score (nSPS) is 11.1. The van der Waals surface area contributed by atoms with E-state index in [0.29, 0.717) is 15.6 Å². The van der Waals surface area contributed by atoms with E-state index in [2.05, 4.69) is 20.2 Å². The van der Waals surface area contributed by atoms with Gasteiger partial charge in [0.2, 0.25) is 4.77 Å². The minimum atomic E-state index is 0.427. The van der Waals surface area contributed by atoms with Gasteiger partial charge >= 0.3 is 0 Å². The van der Waals surface area contributed by atoms with Crippen LogP contribution in [0.15, 0.2) is 18.2 Å². The number of H-pyrrole nitrogens is 2. The third-order valence-corrected chi connectivity index (χ3v) is 3.36. The van der Waals surface area contributed by atoms with Crippen molar-refractivity contribution in [2.24, 2.45) is 0 Å². The van der Waals surface area contributed by atoms with Gasteiger partial charge in [0.05, 0.1) is 5.52 Å². The Kier molecular flexibility index (Phi) is 2.88. The molecule has 0 saturated heterocycles. The summed E-state index contributed by atoms with van der Waals surface area (Å²) in [5.41, 5.74) is 3.85. The van der Waals surface area contributed by atoms with E-state index in [1.807, 2.05) is 32.0 Å². The summed E-state index contributed by atoms with van der Waals surface area (Å²) in [5.74, 6) is 0.696. The predicted molar refractivity (Wildman–Crippen MR) is 79.0 cm³/mol. The molecule has 2 N–H and O–H groups in total. The first-order valence-electron chi connectivity index (χ1n) is 5.77. The lowest BCUT2D eigenvalue weighted by molar-refractivity contribution is 1.08. The topological polar surface area (TPSA) is 57.4 Å². The van der Waals surface area contributed by atoms with Crippen molar-refractivity contribution in [3.8, 4) is 11.4 Å². The maximum Gasteiger partial charge on any atom is 0.213 e. The second kappa shape index (κ2) is 4.43. The first kappa shape index (κ1) is 12.3. The smallest absolute Gasteiger partial charge is 0.213 e. The van der Waals surface area contributed by atoms with Gasteiger partial charge in [0.15, 0.2) is 5.82 Å². The quantitative estimate of drug-likeness (QED) is 0.667. The fourth-order valence-electron chi connectivity index (χ4n) is 2.18.